The second kappa shape index (κ2) is 8.37. The number of carbonyl (C=O) groups is 1. The van der Waals surface area contributed by atoms with Crippen molar-refractivity contribution < 1.29 is 13.9 Å². The molecule has 0 bridgehead atoms. The van der Waals surface area contributed by atoms with Crippen molar-refractivity contribution in [3.05, 3.63) is 62.8 Å². The molecule has 4 nitrogen and oxygen atoms in total. The van der Waals surface area contributed by atoms with Gasteiger partial charge in [-0.15, -0.1) is 0 Å². The number of hydrogen-bond acceptors (Lipinski definition) is 3. The van der Waals surface area contributed by atoms with Crippen molar-refractivity contribution in [2.75, 3.05) is 33.3 Å². The minimum absolute atomic E-state index is 0.0701. The molecule has 0 radical (unpaired) electrons. The molecule has 1 fully saturated rings. The summed E-state index contributed by atoms with van der Waals surface area (Å²) in [5, 5.41) is 0.449. The molecule has 0 N–H and O–H groups in total. The Kier molecular flexibility index (Phi) is 6.16. The van der Waals surface area contributed by atoms with E-state index in [9.17, 15) is 9.18 Å². The Morgan fingerprint density at radius 2 is 1.92 bits per heavy atom. The summed E-state index contributed by atoms with van der Waals surface area (Å²) >= 11 is 9.54. The molecular weight excluding hydrogens is 423 g/mol. The van der Waals surface area contributed by atoms with Crippen LogP contribution < -0.4 is 4.74 Å². The molecule has 0 saturated carbocycles. The van der Waals surface area contributed by atoms with Gasteiger partial charge in [-0.25, -0.2) is 4.39 Å². The average Bonchev–Trinajstić information content (AvgIpc) is 2.64. The van der Waals surface area contributed by atoms with Gasteiger partial charge in [0.05, 0.1) is 17.7 Å². The first kappa shape index (κ1) is 19.1. The highest BCUT2D eigenvalue weighted by atomic mass is 79.9. The Hall–Kier alpha value is -1.63. The lowest BCUT2D eigenvalue weighted by molar-refractivity contribution is 0.0627. The zero-order valence-corrected chi connectivity index (χ0v) is 16.7. The van der Waals surface area contributed by atoms with Gasteiger partial charge in [-0.1, -0.05) is 27.5 Å². The fourth-order valence-corrected chi connectivity index (χ4v) is 3.61. The van der Waals surface area contributed by atoms with Gasteiger partial charge in [0.15, 0.2) is 0 Å². The van der Waals surface area contributed by atoms with Gasteiger partial charge in [-0.05, 0) is 36.4 Å². The van der Waals surface area contributed by atoms with E-state index in [-0.39, 0.29) is 11.7 Å². The predicted molar refractivity (Wildman–Crippen MR) is 103 cm³/mol. The fourth-order valence-electron chi connectivity index (χ4n) is 3.05. The van der Waals surface area contributed by atoms with Gasteiger partial charge >= 0.3 is 0 Å². The van der Waals surface area contributed by atoms with Gasteiger partial charge in [-0.3, -0.25) is 9.69 Å². The summed E-state index contributed by atoms with van der Waals surface area (Å²) in [4.78, 5) is 16.7. The summed E-state index contributed by atoms with van der Waals surface area (Å²) in [7, 11) is 1.58. The van der Waals surface area contributed by atoms with E-state index in [1.165, 1.54) is 12.1 Å². The number of nitrogens with zero attached hydrogens (tertiary/aromatic N) is 2. The Morgan fingerprint density at radius 3 is 2.62 bits per heavy atom. The standard InChI is InChI=1S/C19H19BrClFN2O2/c1-26-18-5-3-15(22)10-13(18)12-23-6-8-24(9-7-23)19(25)16-11-14(20)2-4-17(16)21/h2-5,10-11H,6-9,12H2,1H3. The van der Waals surface area contributed by atoms with Crippen molar-refractivity contribution in [2.24, 2.45) is 0 Å². The van der Waals surface area contributed by atoms with E-state index in [2.05, 4.69) is 20.8 Å². The van der Waals surface area contributed by atoms with E-state index in [1.807, 2.05) is 6.07 Å². The van der Waals surface area contributed by atoms with E-state index in [4.69, 9.17) is 16.3 Å². The third kappa shape index (κ3) is 4.37. The van der Waals surface area contributed by atoms with Gasteiger partial charge in [-0.2, -0.15) is 0 Å². The van der Waals surface area contributed by atoms with Crippen LogP contribution in [-0.4, -0.2) is 49.0 Å². The lowest BCUT2D eigenvalue weighted by Gasteiger charge is -2.35. The summed E-state index contributed by atoms with van der Waals surface area (Å²) in [5.74, 6) is 0.323. The summed E-state index contributed by atoms with van der Waals surface area (Å²) in [5.41, 5.74) is 1.31. The van der Waals surface area contributed by atoms with Crippen LogP contribution in [0.15, 0.2) is 40.9 Å². The Bertz CT molecular complexity index is 810. The number of piperazine rings is 1. The molecule has 0 atom stereocenters. The molecule has 0 aliphatic carbocycles. The Morgan fingerprint density at radius 1 is 1.19 bits per heavy atom. The average molecular weight is 442 g/mol. The number of carbonyl (C=O) groups excluding carboxylic acids is 1. The molecule has 2 aromatic carbocycles. The number of benzene rings is 2. The highest BCUT2D eigenvalue weighted by molar-refractivity contribution is 9.10. The molecule has 1 heterocycles. The molecule has 0 spiro atoms. The quantitative estimate of drug-likeness (QED) is 0.713. The van der Waals surface area contributed by atoms with Crippen molar-refractivity contribution in [2.45, 2.75) is 6.54 Å². The minimum atomic E-state index is -0.279. The van der Waals surface area contributed by atoms with Crippen molar-refractivity contribution in [1.29, 1.82) is 0 Å². The predicted octanol–water partition coefficient (Wildman–Crippen LogP) is 4.21. The van der Waals surface area contributed by atoms with E-state index >= 15 is 0 Å². The van der Waals surface area contributed by atoms with E-state index in [0.29, 0.717) is 49.1 Å². The van der Waals surface area contributed by atoms with Gasteiger partial charge < -0.3 is 9.64 Å². The molecule has 7 heteroatoms. The maximum Gasteiger partial charge on any atom is 0.255 e. The van der Waals surface area contributed by atoms with Crippen LogP contribution in [0, 0.1) is 5.82 Å². The van der Waals surface area contributed by atoms with E-state index in [1.54, 1.807) is 30.2 Å². The van der Waals surface area contributed by atoms with Crippen molar-refractivity contribution in [3.8, 4) is 5.75 Å². The lowest BCUT2D eigenvalue weighted by Crippen LogP contribution is -2.48. The fraction of sp³-hybridized carbons (Fsp3) is 0.316. The molecule has 26 heavy (non-hydrogen) atoms. The van der Waals surface area contributed by atoms with Crippen LogP contribution in [0.1, 0.15) is 15.9 Å². The monoisotopic (exact) mass is 440 g/mol. The smallest absolute Gasteiger partial charge is 0.255 e. The lowest BCUT2D eigenvalue weighted by atomic mass is 10.1. The summed E-state index contributed by atoms with van der Waals surface area (Å²) < 4.78 is 19.6. The Labute approximate surface area is 165 Å². The van der Waals surface area contributed by atoms with Crippen molar-refractivity contribution in [3.63, 3.8) is 0 Å². The second-order valence-electron chi connectivity index (χ2n) is 6.15. The zero-order valence-electron chi connectivity index (χ0n) is 14.3. The Balaban J connectivity index is 1.63. The van der Waals surface area contributed by atoms with Crippen molar-refractivity contribution >= 4 is 33.4 Å². The SMILES string of the molecule is COc1ccc(F)cc1CN1CCN(C(=O)c2cc(Br)ccc2Cl)CC1. The van der Waals surface area contributed by atoms with Crippen LogP contribution in [0.25, 0.3) is 0 Å². The summed E-state index contributed by atoms with van der Waals surface area (Å²) in [6.07, 6.45) is 0. The number of amides is 1. The molecule has 1 saturated heterocycles. The zero-order chi connectivity index (χ0) is 18.7. The molecule has 0 aromatic heterocycles. The van der Waals surface area contributed by atoms with Crippen LogP contribution in [0.3, 0.4) is 0 Å². The number of methoxy groups -OCH3 is 1. The van der Waals surface area contributed by atoms with E-state index < -0.39 is 0 Å². The van der Waals surface area contributed by atoms with Crippen LogP contribution in [0.5, 0.6) is 5.75 Å². The van der Waals surface area contributed by atoms with Gasteiger partial charge in [0.1, 0.15) is 11.6 Å². The minimum Gasteiger partial charge on any atom is -0.496 e. The molecule has 3 rings (SSSR count). The van der Waals surface area contributed by atoms with Gasteiger partial charge in [0.25, 0.3) is 5.91 Å². The van der Waals surface area contributed by atoms with Crippen LogP contribution in [0.4, 0.5) is 4.39 Å². The molecule has 1 aliphatic heterocycles. The summed E-state index contributed by atoms with van der Waals surface area (Å²) in [6, 6.07) is 9.79. The topological polar surface area (TPSA) is 32.8 Å². The van der Waals surface area contributed by atoms with E-state index in [0.717, 1.165) is 10.0 Å². The van der Waals surface area contributed by atoms with Crippen molar-refractivity contribution in [1.82, 2.24) is 9.80 Å². The van der Waals surface area contributed by atoms with Crippen LogP contribution >= 0.6 is 27.5 Å². The van der Waals surface area contributed by atoms with Crippen LogP contribution in [-0.2, 0) is 6.54 Å². The first-order valence-electron chi connectivity index (χ1n) is 8.27. The highest BCUT2D eigenvalue weighted by Gasteiger charge is 2.24. The number of ether oxygens (including phenoxy) is 1. The third-order valence-electron chi connectivity index (χ3n) is 4.45. The van der Waals surface area contributed by atoms with Gasteiger partial charge in [0.2, 0.25) is 0 Å². The largest absolute Gasteiger partial charge is 0.496 e. The van der Waals surface area contributed by atoms with Crippen LogP contribution in [0.2, 0.25) is 5.02 Å². The molecule has 1 aliphatic rings. The third-order valence-corrected chi connectivity index (χ3v) is 5.28. The number of halogens is 3. The maximum absolute atomic E-state index is 13.5. The molecule has 138 valence electrons. The van der Waals surface area contributed by atoms with Gasteiger partial charge in [0, 0.05) is 42.8 Å². The maximum atomic E-state index is 13.5. The molecule has 0 unspecified atom stereocenters. The molecule has 1 amide bonds. The highest BCUT2D eigenvalue weighted by Crippen LogP contribution is 2.24. The molecule has 2 aromatic rings. The first-order chi connectivity index (χ1) is 12.5. The second-order valence-corrected chi connectivity index (χ2v) is 7.47. The number of hydrogen-bond donors (Lipinski definition) is 0. The molecular formula is C19H19BrClFN2O2. The summed E-state index contributed by atoms with van der Waals surface area (Å²) in [6.45, 7) is 3.19. The number of rotatable bonds is 4. The first-order valence-corrected chi connectivity index (χ1v) is 9.44. The normalized spacial score (nSPS) is 15.2.